The SMILES string of the molecule is N#CCC1C2CCC(O2)C1C(=O)O. The topological polar surface area (TPSA) is 70.3 Å². The van der Waals surface area contributed by atoms with Crippen molar-refractivity contribution in [2.45, 2.75) is 31.5 Å². The quantitative estimate of drug-likeness (QED) is 0.683. The van der Waals surface area contributed by atoms with E-state index in [-0.39, 0.29) is 18.1 Å². The van der Waals surface area contributed by atoms with Crippen LogP contribution < -0.4 is 0 Å². The molecule has 2 fully saturated rings. The lowest BCUT2D eigenvalue weighted by Gasteiger charge is -2.21. The monoisotopic (exact) mass is 181 g/mol. The molecule has 2 aliphatic heterocycles. The summed E-state index contributed by atoms with van der Waals surface area (Å²) in [6.45, 7) is 0. The van der Waals surface area contributed by atoms with Crippen LogP contribution in [0, 0.1) is 23.2 Å². The maximum atomic E-state index is 10.9. The zero-order valence-electron chi connectivity index (χ0n) is 7.14. The molecule has 0 aromatic heterocycles. The number of hydrogen-bond donors (Lipinski definition) is 1. The number of nitriles is 1. The largest absolute Gasteiger partial charge is 0.481 e. The van der Waals surface area contributed by atoms with Gasteiger partial charge in [-0.3, -0.25) is 4.79 Å². The van der Waals surface area contributed by atoms with Crippen LogP contribution in [0.1, 0.15) is 19.3 Å². The maximum Gasteiger partial charge on any atom is 0.309 e. The number of aliphatic carboxylic acids is 1. The van der Waals surface area contributed by atoms with Gasteiger partial charge < -0.3 is 9.84 Å². The van der Waals surface area contributed by atoms with Gasteiger partial charge in [-0.15, -0.1) is 0 Å². The number of fused-ring (bicyclic) bond motifs is 2. The summed E-state index contributed by atoms with van der Waals surface area (Å²) in [5.74, 6) is -1.34. The van der Waals surface area contributed by atoms with Crippen LogP contribution in [-0.2, 0) is 9.53 Å². The van der Waals surface area contributed by atoms with Gasteiger partial charge in [0.15, 0.2) is 0 Å². The van der Waals surface area contributed by atoms with Crippen LogP contribution >= 0.6 is 0 Å². The van der Waals surface area contributed by atoms with Gasteiger partial charge >= 0.3 is 5.97 Å². The first kappa shape index (κ1) is 8.52. The number of rotatable bonds is 2. The second-order valence-electron chi connectivity index (χ2n) is 3.68. The Hall–Kier alpha value is -1.08. The van der Waals surface area contributed by atoms with Crippen LogP contribution in [0.15, 0.2) is 0 Å². The number of carboxylic acid groups (broad SMARTS) is 1. The smallest absolute Gasteiger partial charge is 0.309 e. The maximum absolute atomic E-state index is 10.9. The second-order valence-corrected chi connectivity index (χ2v) is 3.68. The zero-order chi connectivity index (χ0) is 9.42. The number of ether oxygens (including phenoxy) is 1. The molecule has 0 radical (unpaired) electrons. The van der Waals surface area contributed by atoms with Crippen molar-refractivity contribution in [3.63, 3.8) is 0 Å². The Morgan fingerprint density at radius 1 is 1.54 bits per heavy atom. The summed E-state index contributed by atoms with van der Waals surface area (Å²) < 4.78 is 5.48. The van der Waals surface area contributed by atoms with E-state index < -0.39 is 11.9 Å². The predicted molar refractivity (Wildman–Crippen MR) is 42.7 cm³/mol. The highest BCUT2D eigenvalue weighted by atomic mass is 16.5. The Morgan fingerprint density at radius 2 is 2.23 bits per heavy atom. The first-order chi connectivity index (χ1) is 6.24. The molecule has 2 rings (SSSR count). The molecule has 4 atom stereocenters. The van der Waals surface area contributed by atoms with Crippen molar-refractivity contribution in [3.8, 4) is 6.07 Å². The van der Waals surface area contributed by atoms with E-state index in [0.29, 0.717) is 6.42 Å². The third-order valence-electron chi connectivity index (χ3n) is 3.04. The summed E-state index contributed by atoms with van der Waals surface area (Å²) >= 11 is 0. The lowest BCUT2D eigenvalue weighted by atomic mass is 9.78. The standard InChI is InChI=1S/C9H11NO3/c10-4-3-5-6-1-2-7(13-6)8(5)9(11)12/h5-8H,1-3H2,(H,11,12). The van der Waals surface area contributed by atoms with Crippen molar-refractivity contribution < 1.29 is 14.6 Å². The van der Waals surface area contributed by atoms with E-state index in [2.05, 4.69) is 0 Å². The fourth-order valence-electron chi connectivity index (χ4n) is 2.48. The van der Waals surface area contributed by atoms with Gasteiger partial charge in [-0.1, -0.05) is 0 Å². The first-order valence-corrected chi connectivity index (χ1v) is 4.49. The average Bonchev–Trinajstić information content (AvgIpc) is 2.63. The molecule has 0 aromatic carbocycles. The van der Waals surface area contributed by atoms with Gasteiger partial charge in [-0.25, -0.2) is 0 Å². The molecular formula is C9H11NO3. The summed E-state index contributed by atoms with van der Waals surface area (Å²) in [7, 11) is 0. The molecule has 0 aromatic rings. The Kier molecular flexibility index (Phi) is 1.97. The molecule has 4 nitrogen and oxygen atoms in total. The van der Waals surface area contributed by atoms with Gasteiger partial charge in [0.2, 0.25) is 0 Å². The van der Waals surface area contributed by atoms with Gasteiger partial charge in [0.25, 0.3) is 0 Å². The molecule has 2 aliphatic rings. The molecule has 2 heterocycles. The molecule has 2 saturated heterocycles. The summed E-state index contributed by atoms with van der Waals surface area (Å²) in [6.07, 6.45) is 1.94. The minimum Gasteiger partial charge on any atom is -0.481 e. The van der Waals surface area contributed by atoms with Gasteiger partial charge in [0.1, 0.15) is 0 Å². The van der Waals surface area contributed by atoms with Crippen molar-refractivity contribution in [3.05, 3.63) is 0 Å². The minimum atomic E-state index is -0.813. The van der Waals surface area contributed by atoms with Crippen molar-refractivity contribution in [1.82, 2.24) is 0 Å². The molecule has 1 N–H and O–H groups in total. The third kappa shape index (κ3) is 1.20. The van der Waals surface area contributed by atoms with E-state index in [1.807, 2.05) is 6.07 Å². The molecule has 0 saturated carbocycles. The third-order valence-corrected chi connectivity index (χ3v) is 3.04. The fourth-order valence-corrected chi connectivity index (χ4v) is 2.48. The predicted octanol–water partition coefficient (Wildman–Crippen LogP) is 0.778. The van der Waals surface area contributed by atoms with Crippen LogP contribution in [0.25, 0.3) is 0 Å². The molecule has 13 heavy (non-hydrogen) atoms. The van der Waals surface area contributed by atoms with Crippen LogP contribution in [-0.4, -0.2) is 23.3 Å². The van der Waals surface area contributed by atoms with Crippen LogP contribution in [0.5, 0.6) is 0 Å². The highest BCUT2D eigenvalue weighted by Crippen LogP contribution is 2.44. The summed E-state index contributed by atoms with van der Waals surface area (Å²) in [5.41, 5.74) is 0. The number of carboxylic acids is 1. The molecule has 0 aliphatic carbocycles. The van der Waals surface area contributed by atoms with Gasteiger partial charge in [-0.2, -0.15) is 5.26 Å². The van der Waals surface area contributed by atoms with E-state index in [4.69, 9.17) is 15.1 Å². The lowest BCUT2D eigenvalue weighted by Crippen LogP contribution is -2.33. The number of nitrogens with zero attached hydrogens (tertiary/aromatic N) is 1. The van der Waals surface area contributed by atoms with Crippen molar-refractivity contribution >= 4 is 5.97 Å². The molecule has 4 unspecified atom stereocenters. The zero-order valence-corrected chi connectivity index (χ0v) is 7.14. The number of carbonyl (C=O) groups is 1. The van der Waals surface area contributed by atoms with Gasteiger partial charge in [-0.05, 0) is 12.8 Å². The Morgan fingerprint density at radius 3 is 2.85 bits per heavy atom. The normalized spacial score (nSPS) is 41.8. The molecule has 0 spiro atoms. The van der Waals surface area contributed by atoms with Crippen LogP contribution in [0.2, 0.25) is 0 Å². The Balaban J connectivity index is 2.16. The lowest BCUT2D eigenvalue weighted by molar-refractivity contribution is -0.144. The molecule has 4 heteroatoms. The Bertz CT molecular complexity index is 271. The molecule has 70 valence electrons. The van der Waals surface area contributed by atoms with Gasteiger partial charge in [0.05, 0.1) is 24.2 Å². The summed E-state index contributed by atoms with van der Waals surface area (Å²) in [5, 5.41) is 17.5. The molecular weight excluding hydrogens is 170 g/mol. The van der Waals surface area contributed by atoms with Crippen molar-refractivity contribution in [2.75, 3.05) is 0 Å². The van der Waals surface area contributed by atoms with E-state index in [1.165, 1.54) is 0 Å². The van der Waals surface area contributed by atoms with E-state index in [0.717, 1.165) is 12.8 Å². The van der Waals surface area contributed by atoms with Gasteiger partial charge in [0, 0.05) is 12.3 Å². The summed E-state index contributed by atoms with van der Waals surface area (Å²) in [4.78, 5) is 10.9. The Labute approximate surface area is 76.1 Å². The van der Waals surface area contributed by atoms with E-state index in [1.54, 1.807) is 0 Å². The highest BCUT2D eigenvalue weighted by Gasteiger charge is 2.52. The van der Waals surface area contributed by atoms with E-state index >= 15 is 0 Å². The van der Waals surface area contributed by atoms with Crippen molar-refractivity contribution in [2.24, 2.45) is 11.8 Å². The number of hydrogen-bond acceptors (Lipinski definition) is 3. The minimum absolute atomic E-state index is 0.0192. The first-order valence-electron chi connectivity index (χ1n) is 4.49. The second kappa shape index (κ2) is 3.00. The van der Waals surface area contributed by atoms with Crippen molar-refractivity contribution in [1.29, 1.82) is 5.26 Å². The van der Waals surface area contributed by atoms with E-state index in [9.17, 15) is 4.79 Å². The highest BCUT2D eigenvalue weighted by molar-refractivity contribution is 5.72. The average molecular weight is 181 g/mol. The molecule has 2 bridgehead atoms. The fraction of sp³-hybridized carbons (Fsp3) is 0.778. The van der Waals surface area contributed by atoms with Crippen LogP contribution in [0.3, 0.4) is 0 Å². The summed E-state index contributed by atoms with van der Waals surface area (Å²) in [6, 6.07) is 2.04. The van der Waals surface area contributed by atoms with Crippen LogP contribution in [0.4, 0.5) is 0 Å². The molecule has 0 amide bonds.